The largest absolute Gasteiger partial charge is 0.351 e. The van der Waals surface area contributed by atoms with Gasteiger partial charge in [-0.2, -0.15) is 0 Å². The molecule has 0 aromatic carbocycles. The van der Waals surface area contributed by atoms with Crippen LogP contribution in [0, 0.1) is 0 Å². The Morgan fingerprint density at radius 1 is 1.67 bits per heavy atom. The highest BCUT2D eigenvalue weighted by atomic mass is 16.1. The minimum absolute atomic E-state index is 0.171. The maximum atomic E-state index is 11.2. The zero-order valence-electron chi connectivity index (χ0n) is 6.58. The Kier molecular flexibility index (Phi) is 3.22. The normalized spacial score (nSPS) is 9.42. The Morgan fingerprint density at radius 2 is 2.50 bits per heavy atom. The van der Waals surface area contributed by atoms with Crippen LogP contribution in [0.4, 0.5) is 0 Å². The van der Waals surface area contributed by atoms with Gasteiger partial charge in [0.2, 0.25) is 0 Å². The molecule has 0 atom stereocenters. The number of rotatable bonds is 3. The summed E-state index contributed by atoms with van der Waals surface area (Å²) in [6, 6.07) is 3.39. The fourth-order valence-corrected chi connectivity index (χ4v) is 0.775. The molecule has 12 heavy (non-hydrogen) atoms. The van der Waals surface area contributed by atoms with Gasteiger partial charge in [0.1, 0.15) is 0 Å². The van der Waals surface area contributed by atoms with Crippen molar-refractivity contribution < 1.29 is 4.79 Å². The third kappa shape index (κ3) is 2.32. The van der Waals surface area contributed by atoms with Crippen molar-refractivity contribution in [3.8, 4) is 0 Å². The van der Waals surface area contributed by atoms with E-state index >= 15 is 0 Å². The van der Waals surface area contributed by atoms with Gasteiger partial charge in [0.25, 0.3) is 5.91 Å². The second kappa shape index (κ2) is 4.46. The molecule has 4 nitrogen and oxygen atoms in total. The zero-order valence-corrected chi connectivity index (χ0v) is 6.58. The van der Waals surface area contributed by atoms with E-state index in [1.165, 1.54) is 6.20 Å². The smallest absolute Gasteiger partial charge is 0.252 e. The lowest BCUT2D eigenvalue weighted by molar-refractivity contribution is 0.0954. The van der Waals surface area contributed by atoms with Crippen molar-refractivity contribution in [1.29, 1.82) is 0 Å². The van der Waals surface area contributed by atoms with Crippen LogP contribution in [0.2, 0.25) is 0 Å². The van der Waals surface area contributed by atoms with Gasteiger partial charge in [0, 0.05) is 25.5 Å². The number of amides is 1. The van der Waals surface area contributed by atoms with Crippen LogP contribution in [0.1, 0.15) is 10.4 Å². The fourth-order valence-electron chi connectivity index (χ4n) is 0.775. The molecule has 63 valence electrons. The standard InChI is InChI=1S/C8H10N3O/c9-3-5-11-8(12)7-2-1-4-10-6-7/h1-2,4,6,9H,3,5H2,(H,11,12). The molecule has 1 aromatic rings. The molecule has 0 aliphatic heterocycles. The summed E-state index contributed by atoms with van der Waals surface area (Å²) in [5, 5.41) is 2.58. The predicted molar refractivity (Wildman–Crippen MR) is 44.5 cm³/mol. The molecule has 1 rings (SSSR count). The molecular formula is C8H10N3O. The number of hydrogen-bond donors (Lipinski definition) is 1. The minimum atomic E-state index is -0.171. The van der Waals surface area contributed by atoms with Crippen molar-refractivity contribution in [2.45, 2.75) is 0 Å². The number of carbonyl (C=O) groups excluding carboxylic acids is 1. The van der Waals surface area contributed by atoms with Gasteiger partial charge in [-0.3, -0.25) is 15.5 Å². The Hall–Kier alpha value is -1.42. The maximum absolute atomic E-state index is 11.2. The number of pyridine rings is 1. The first-order valence-electron chi connectivity index (χ1n) is 3.67. The lowest BCUT2D eigenvalue weighted by atomic mass is 10.3. The van der Waals surface area contributed by atoms with Crippen LogP contribution in [0.3, 0.4) is 0 Å². The molecule has 4 heteroatoms. The molecule has 1 heterocycles. The Balaban J connectivity index is 2.54. The van der Waals surface area contributed by atoms with Crippen LogP contribution < -0.4 is 11.1 Å². The lowest BCUT2D eigenvalue weighted by Gasteiger charge is -2.00. The first kappa shape index (κ1) is 8.67. The van der Waals surface area contributed by atoms with Crippen LogP contribution in [-0.4, -0.2) is 24.0 Å². The van der Waals surface area contributed by atoms with Gasteiger partial charge in [0.15, 0.2) is 0 Å². The number of aromatic nitrogens is 1. The monoisotopic (exact) mass is 164 g/mol. The van der Waals surface area contributed by atoms with E-state index in [-0.39, 0.29) is 12.5 Å². The molecule has 0 fully saturated rings. The summed E-state index contributed by atoms with van der Waals surface area (Å²) in [6.45, 7) is 0.583. The summed E-state index contributed by atoms with van der Waals surface area (Å²) in [4.78, 5) is 15.0. The third-order valence-corrected chi connectivity index (χ3v) is 1.33. The van der Waals surface area contributed by atoms with Crippen LogP contribution >= 0.6 is 0 Å². The second-order valence-corrected chi connectivity index (χ2v) is 2.25. The van der Waals surface area contributed by atoms with E-state index in [9.17, 15) is 4.79 Å². The molecule has 0 bridgehead atoms. The molecule has 1 amide bonds. The van der Waals surface area contributed by atoms with Gasteiger partial charge >= 0.3 is 0 Å². The number of hydrogen-bond acceptors (Lipinski definition) is 2. The molecule has 0 saturated carbocycles. The molecule has 1 radical (unpaired) electrons. The molecule has 0 spiro atoms. The van der Waals surface area contributed by atoms with Crippen molar-refractivity contribution in [3.63, 3.8) is 0 Å². The second-order valence-electron chi connectivity index (χ2n) is 2.25. The third-order valence-electron chi connectivity index (χ3n) is 1.33. The van der Waals surface area contributed by atoms with Crippen LogP contribution in [0.15, 0.2) is 24.5 Å². The van der Waals surface area contributed by atoms with Gasteiger partial charge in [-0.25, -0.2) is 0 Å². The Morgan fingerprint density at radius 3 is 3.08 bits per heavy atom. The van der Waals surface area contributed by atoms with Crippen LogP contribution in [-0.2, 0) is 0 Å². The van der Waals surface area contributed by atoms with Crippen molar-refractivity contribution in [3.05, 3.63) is 30.1 Å². The lowest BCUT2D eigenvalue weighted by Crippen LogP contribution is -2.26. The molecule has 0 saturated heterocycles. The van der Waals surface area contributed by atoms with Crippen molar-refractivity contribution in [2.24, 2.45) is 0 Å². The van der Waals surface area contributed by atoms with Crippen molar-refractivity contribution in [2.75, 3.05) is 13.1 Å². The summed E-state index contributed by atoms with van der Waals surface area (Å²) in [5.41, 5.74) is 7.36. The van der Waals surface area contributed by atoms with E-state index in [2.05, 4.69) is 10.3 Å². The summed E-state index contributed by atoms with van der Waals surface area (Å²) in [6.07, 6.45) is 3.11. The van der Waals surface area contributed by atoms with E-state index < -0.39 is 0 Å². The van der Waals surface area contributed by atoms with E-state index in [1.54, 1.807) is 18.3 Å². The summed E-state index contributed by atoms with van der Waals surface area (Å²) >= 11 is 0. The highest BCUT2D eigenvalue weighted by Gasteiger charge is 2.01. The number of nitrogens with zero attached hydrogens (tertiary/aromatic N) is 1. The topological polar surface area (TPSA) is 65.8 Å². The van der Waals surface area contributed by atoms with E-state index in [0.717, 1.165) is 0 Å². The first-order valence-corrected chi connectivity index (χ1v) is 3.67. The predicted octanol–water partition coefficient (Wildman–Crippen LogP) is 0.0943. The molecule has 2 N–H and O–H groups in total. The quantitative estimate of drug-likeness (QED) is 0.688. The SMILES string of the molecule is [NH]CCNC(=O)c1cccnc1. The molecule has 0 unspecified atom stereocenters. The first-order chi connectivity index (χ1) is 5.84. The van der Waals surface area contributed by atoms with Crippen molar-refractivity contribution in [1.82, 2.24) is 16.0 Å². The Bertz CT molecular complexity index is 248. The average molecular weight is 164 g/mol. The summed E-state index contributed by atoms with van der Waals surface area (Å²) in [7, 11) is 0. The van der Waals surface area contributed by atoms with Crippen molar-refractivity contribution >= 4 is 5.91 Å². The van der Waals surface area contributed by atoms with E-state index in [4.69, 9.17) is 5.73 Å². The fraction of sp³-hybridized carbons (Fsp3) is 0.250. The van der Waals surface area contributed by atoms with Crippen LogP contribution in [0.5, 0.6) is 0 Å². The van der Waals surface area contributed by atoms with Gasteiger partial charge in [-0.1, -0.05) is 0 Å². The van der Waals surface area contributed by atoms with Gasteiger partial charge < -0.3 is 5.32 Å². The van der Waals surface area contributed by atoms with Crippen LogP contribution in [0.25, 0.3) is 0 Å². The average Bonchev–Trinajstić information content (AvgIpc) is 2.15. The molecule has 0 aliphatic carbocycles. The number of carbonyl (C=O) groups is 1. The van der Waals surface area contributed by atoms with Gasteiger partial charge in [-0.05, 0) is 12.1 Å². The highest BCUT2D eigenvalue weighted by Crippen LogP contribution is 1.93. The molecule has 0 aliphatic rings. The van der Waals surface area contributed by atoms with E-state index in [0.29, 0.717) is 12.1 Å². The highest BCUT2D eigenvalue weighted by molar-refractivity contribution is 5.93. The molecular weight excluding hydrogens is 154 g/mol. The van der Waals surface area contributed by atoms with Gasteiger partial charge in [0.05, 0.1) is 5.56 Å². The van der Waals surface area contributed by atoms with E-state index in [1.807, 2.05) is 0 Å². The maximum Gasteiger partial charge on any atom is 0.252 e. The number of nitrogens with one attached hydrogen (secondary N) is 2. The summed E-state index contributed by atoms with van der Waals surface area (Å²) in [5.74, 6) is -0.171. The minimum Gasteiger partial charge on any atom is -0.351 e. The Labute approximate surface area is 70.8 Å². The van der Waals surface area contributed by atoms with Gasteiger partial charge in [-0.15, -0.1) is 0 Å². The molecule has 1 aromatic heterocycles. The summed E-state index contributed by atoms with van der Waals surface area (Å²) < 4.78 is 0. The zero-order chi connectivity index (χ0) is 8.81.